The first-order chi connectivity index (χ1) is 9.90. The second kappa shape index (κ2) is 9.06. The van der Waals surface area contributed by atoms with Gasteiger partial charge in [0, 0.05) is 0 Å². The van der Waals surface area contributed by atoms with E-state index in [2.05, 4.69) is 13.8 Å². The molecule has 0 spiro atoms. The average molecular weight is 298 g/mol. The molecule has 0 radical (unpaired) electrons. The zero-order chi connectivity index (χ0) is 15.8. The highest BCUT2D eigenvalue weighted by molar-refractivity contribution is 5.79. The molecule has 2 atom stereocenters. The Balaban J connectivity index is 2.55. The first-order valence-electron chi connectivity index (χ1n) is 8.32. The van der Waals surface area contributed by atoms with Crippen LogP contribution in [0.15, 0.2) is 0 Å². The number of ether oxygens (including phenoxy) is 1. The highest BCUT2D eigenvalue weighted by atomic mass is 16.5. The van der Waals surface area contributed by atoms with Crippen LogP contribution < -0.4 is 0 Å². The highest BCUT2D eigenvalue weighted by Gasteiger charge is 2.33. The number of aliphatic carboxylic acids is 1. The van der Waals surface area contributed by atoms with Crippen molar-refractivity contribution in [3.05, 3.63) is 0 Å². The smallest absolute Gasteiger partial charge is 0.310 e. The average Bonchev–Trinajstić information content (AvgIpc) is 2.43. The summed E-state index contributed by atoms with van der Waals surface area (Å²) in [5.41, 5.74) is 0. The van der Waals surface area contributed by atoms with Gasteiger partial charge in [-0.25, -0.2) is 0 Å². The van der Waals surface area contributed by atoms with Crippen molar-refractivity contribution < 1.29 is 19.4 Å². The normalized spacial score (nSPS) is 19.2. The van der Waals surface area contributed by atoms with Gasteiger partial charge < -0.3 is 9.84 Å². The van der Waals surface area contributed by atoms with Crippen LogP contribution in [0.4, 0.5) is 0 Å². The molecule has 2 unspecified atom stereocenters. The Labute approximate surface area is 128 Å². The number of esters is 1. The van der Waals surface area contributed by atoms with E-state index < -0.39 is 11.9 Å². The minimum atomic E-state index is -0.905. The topological polar surface area (TPSA) is 63.6 Å². The van der Waals surface area contributed by atoms with Crippen LogP contribution in [0.2, 0.25) is 0 Å². The first-order valence-corrected chi connectivity index (χ1v) is 8.32. The molecule has 1 rings (SSSR count). The fourth-order valence-electron chi connectivity index (χ4n) is 3.08. The monoisotopic (exact) mass is 298 g/mol. The fraction of sp³-hybridized carbons (Fsp3) is 0.882. The molecule has 122 valence electrons. The molecule has 4 nitrogen and oxygen atoms in total. The highest BCUT2D eigenvalue weighted by Crippen LogP contribution is 2.33. The summed E-state index contributed by atoms with van der Waals surface area (Å²) < 4.78 is 5.51. The molecular formula is C17H30O4. The van der Waals surface area contributed by atoms with Crippen molar-refractivity contribution >= 4 is 11.9 Å². The van der Waals surface area contributed by atoms with Crippen LogP contribution in [-0.2, 0) is 14.3 Å². The number of rotatable bonds is 8. The zero-order valence-electron chi connectivity index (χ0n) is 13.6. The van der Waals surface area contributed by atoms with Crippen molar-refractivity contribution in [2.75, 3.05) is 0 Å². The molecule has 4 heteroatoms. The van der Waals surface area contributed by atoms with Crippen molar-refractivity contribution in [1.82, 2.24) is 0 Å². The lowest BCUT2D eigenvalue weighted by atomic mass is 9.78. The standard InChI is InChI=1S/C17H30O4/c1-12(2)9-10-13(3)21-17(20)15(11-16(18)19)14-7-5-4-6-8-14/h12-15H,4-11H2,1-3H3,(H,18,19). The maximum atomic E-state index is 12.3. The third kappa shape index (κ3) is 6.96. The Hall–Kier alpha value is -1.06. The minimum Gasteiger partial charge on any atom is -0.481 e. The molecule has 0 saturated heterocycles. The van der Waals surface area contributed by atoms with Gasteiger partial charge in [-0.2, -0.15) is 0 Å². The fourth-order valence-corrected chi connectivity index (χ4v) is 3.08. The summed E-state index contributed by atoms with van der Waals surface area (Å²) in [6.45, 7) is 6.19. The first kappa shape index (κ1) is 18.0. The Morgan fingerprint density at radius 3 is 2.24 bits per heavy atom. The molecule has 1 N–H and O–H groups in total. The van der Waals surface area contributed by atoms with E-state index in [4.69, 9.17) is 9.84 Å². The van der Waals surface area contributed by atoms with Crippen molar-refractivity contribution in [1.29, 1.82) is 0 Å². The molecule has 1 saturated carbocycles. The molecule has 1 fully saturated rings. The molecule has 0 aromatic rings. The Bertz CT molecular complexity index is 332. The minimum absolute atomic E-state index is 0.0968. The van der Waals surface area contributed by atoms with Crippen LogP contribution in [0.25, 0.3) is 0 Å². The number of carboxylic acids is 1. The molecule has 0 bridgehead atoms. The van der Waals surface area contributed by atoms with E-state index in [0.29, 0.717) is 5.92 Å². The third-order valence-corrected chi connectivity index (χ3v) is 4.38. The van der Waals surface area contributed by atoms with Crippen molar-refractivity contribution in [3.63, 3.8) is 0 Å². The summed E-state index contributed by atoms with van der Waals surface area (Å²) in [6, 6.07) is 0. The van der Waals surface area contributed by atoms with Crippen LogP contribution in [-0.4, -0.2) is 23.1 Å². The van der Waals surface area contributed by atoms with E-state index in [1.165, 1.54) is 6.42 Å². The molecule has 1 aliphatic rings. The van der Waals surface area contributed by atoms with Gasteiger partial charge in [-0.1, -0.05) is 33.1 Å². The van der Waals surface area contributed by atoms with Crippen LogP contribution in [0.1, 0.15) is 72.1 Å². The summed E-state index contributed by atoms with van der Waals surface area (Å²) in [7, 11) is 0. The molecule has 0 heterocycles. The lowest BCUT2D eigenvalue weighted by Crippen LogP contribution is -2.31. The number of hydrogen-bond acceptors (Lipinski definition) is 3. The molecule has 21 heavy (non-hydrogen) atoms. The lowest BCUT2D eigenvalue weighted by molar-refractivity contribution is -0.160. The van der Waals surface area contributed by atoms with Crippen LogP contribution in [0, 0.1) is 17.8 Å². The Kier molecular flexibility index (Phi) is 7.76. The summed E-state index contributed by atoms with van der Waals surface area (Å²) in [5.74, 6) is -0.916. The lowest BCUT2D eigenvalue weighted by Gasteiger charge is -2.29. The van der Waals surface area contributed by atoms with E-state index in [1.54, 1.807) is 0 Å². The summed E-state index contributed by atoms with van der Waals surface area (Å²) in [4.78, 5) is 23.4. The second-order valence-corrected chi connectivity index (χ2v) is 6.82. The summed E-state index contributed by atoms with van der Waals surface area (Å²) in [6.07, 6.45) is 6.92. The van der Waals surface area contributed by atoms with E-state index in [-0.39, 0.29) is 24.4 Å². The van der Waals surface area contributed by atoms with Gasteiger partial charge in [0.1, 0.15) is 0 Å². The zero-order valence-corrected chi connectivity index (χ0v) is 13.6. The van der Waals surface area contributed by atoms with Gasteiger partial charge in [0.25, 0.3) is 0 Å². The summed E-state index contributed by atoms with van der Waals surface area (Å²) >= 11 is 0. The van der Waals surface area contributed by atoms with Gasteiger partial charge in [-0.3, -0.25) is 9.59 Å². The van der Waals surface area contributed by atoms with Gasteiger partial charge in [-0.15, -0.1) is 0 Å². The third-order valence-electron chi connectivity index (χ3n) is 4.38. The second-order valence-electron chi connectivity index (χ2n) is 6.82. The number of carboxylic acid groups (broad SMARTS) is 1. The number of carbonyl (C=O) groups is 2. The van der Waals surface area contributed by atoms with Crippen LogP contribution in [0.3, 0.4) is 0 Å². The van der Waals surface area contributed by atoms with Gasteiger partial charge >= 0.3 is 11.9 Å². The predicted octanol–water partition coefficient (Wildman–Crippen LogP) is 4.03. The van der Waals surface area contributed by atoms with E-state index in [1.807, 2.05) is 6.92 Å². The maximum Gasteiger partial charge on any atom is 0.310 e. The SMILES string of the molecule is CC(C)CCC(C)OC(=O)C(CC(=O)O)C1CCCCC1. The number of carbonyl (C=O) groups excluding carboxylic acids is 1. The molecule has 0 amide bonds. The maximum absolute atomic E-state index is 12.3. The Morgan fingerprint density at radius 2 is 1.71 bits per heavy atom. The molecule has 1 aliphatic carbocycles. The molecule has 0 aromatic carbocycles. The van der Waals surface area contributed by atoms with Crippen LogP contribution >= 0.6 is 0 Å². The van der Waals surface area contributed by atoms with Gasteiger partial charge in [-0.05, 0) is 44.4 Å². The molecule has 0 aliphatic heterocycles. The predicted molar refractivity (Wildman–Crippen MR) is 81.9 cm³/mol. The van der Waals surface area contributed by atoms with E-state index >= 15 is 0 Å². The molecule has 0 aromatic heterocycles. The van der Waals surface area contributed by atoms with E-state index in [0.717, 1.165) is 38.5 Å². The van der Waals surface area contributed by atoms with E-state index in [9.17, 15) is 9.59 Å². The largest absolute Gasteiger partial charge is 0.481 e. The van der Waals surface area contributed by atoms with Crippen molar-refractivity contribution in [3.8, 4) is 0 Å². The Morgan fingerprint density at radius 1 is 1.10 bits per heavy atom. The van der Waals surface area contributed by atoms with Crippen LogP contribution in [0.5, 0.6) is 0 Å². The van der Waals surface area contributed by atoms with Gasteiger partial charge in [0.05, 0.1) is 18.4 Å². The quantitative estimate of drug-likeness (QED) is 0.687. The van der Waals surface area contributed by atoms with Crippen molar-refractivity contribution in [2.45, 2.75) is 78.2 Å². The van der Waals surface area contributed by atoms with Crippen molar-refractivity contribution in [2.24, 2.45) is 17.8 Å². The summed E-state index contributed by atoms with van der Waals surface area (Å²) in [5, 5.41) is 9.07. The number of hydrogen-bond donors (Lipinski definition) is 1. The molecular weight excluding hydrogens is 268 g/mol. The van der Waals surface area contributed by atoms with Gasteiger partial charge in [0.2, 0.25) is 0 Å². The van der Waals surface area contributed by atoms with Gasteiger partial charge in [0.15, 0.2) is 0 Å².